The zero-order valence-electron chi connectivity index (χ0n) is 17.6. The Morgan fingerprint density at radius 1 is 1.07 bits per heavy atom. The molecule has 5 rings (SSSR count). The van der Waals surface area contributed by atoms with E-state index in [1.807, 2.05) is 24.0 Å². The molecule has 0 saturated carbocycles. The molecule has 0 bridgehead atoms. The minimum Gasteiger partial charge on any atom is -0.371 e. The van der Waals surface area contributed by atoms with Crippen molar-refractivity contribution in [2.45, 2.75) is 58.2 Å². The summed E-state index contributed by atoms with van der Waals surface area (Å²) in [6.07, 6.45) is 5.67. The molecule has 0 aliphatic carbocycles. The van der Waals surface area contributed by atoms with Gasteiger partial charge >= 0.3 is 0 Å². The Morgan fingerprint density at radius 2 is 1.90 bits per heavy atom. The van der Waals surface area contributed by atoms with Gasteiger partial charge in [0.05, 0.1) is 11.7 Å². The fraction of sp³-hybridized carbons (Fsp3) is 0.500. The van der Waals surface area contributed by atoms with E-state index in [-0.39, 0.29) is 12.1 Å². The fourth-order valence-corrected chi connectivity index (χ4v) is 6.47. The highest BCUT2D eigenvalue weighted by molar-refractivity contribution is 8.14. The molecule has 5 heteroatoms. The van der Waals surface area contributed by atoms with Crippen molar-refractivity contribution >= 4 is 22.6 Å². The number of rotatable bonds is 4. The van der Waals surface area contributed by atoms with Gasteiger partial charge in [0, 0.05) is 36.8 Å². The van der Waals surface area contributed by atoms with E-state index >= 15 is 0 Å². The molecule has 2 saturated heterocycles. The Morgan fingerprint density at radius 3 is 2.62 bits per heavy atom. The van der Waals surface area contributed by atoms with E-state index < -0.39 is 0 Å². The Kier molecular flexibility index (Phi) is 5.02. The van der Waals surface area contributed by atoms with Gasteiger partial charge in [0.15, 0.2) is 5.17 Å². The first kappa shape index (κ1) is 19.0. The monoisotopic (exact) mass is 406 g/mol. The van der Waals surface area contributed by atoms with Gasteiger partial charge < -0.3 is 9.80 Å². The number of benzene rings is 1. The number of aromatic nitrogens is 1. The quantitative estimate of drug-likeness (QED) is 0.691. The second-order valence-electron chi connectivity index (χ2n) is 8.45. The van der Waals surface area contributed by atoms with E-state index in [1.54, 1.807) is 0 Å². The first-order valence-corrected chi connectivity index (χ1v) is 11.9. The number of nitrogens with zero attached hydrogens (tertiary/aromatic N) is 4. The summed E-state index contributed by atoms with van der Waals surface area (Å²) in [6, 6.07) is 11.8. The van der Waals surface area contributed by atoms with Crippen LogP contribution in [-0.4, -0.2) is 39.9 Å². The molecule has 2 fully saturated rings. The average molecular weight is 407 g/mol. The van der Waals surface area contributed by atoms with Crippen molar-refractivity contribution in [3.05, 3.63) is 58.9 Å². The predicted octanol–water partition coefficient (Wildman–Crippen LogP) is 5.28. The van der Waals surface area contributed by atoms with Crippen molar-refractivity contribution in [1.82, 2.24) is 9.88 Å². The van der Waals surface area contributed by atoms with Crippen LogP contribution in [0.2, 0.25) is 0 Å². The molecule has 4 nitrogen and oxygen atoms in total. The highest BCUT2D eigenvalue weighted by Gasteiger charge is 2.46. The van der Waals surface area contributed by atoms with Crippen LogP contribution in [0.15, 0.2) is 41.5 Å². The second-order valence-corrected chi connectivity index (χ2v) is 9.44. The molecule has 0 N–H and O–H groups in total. The molecule has 3 aliphatic heterocycles. The van der Waals surface area contributed by atoms with Crippen LogP contribution in [0.4, 0.5) is 5.69 Å². The number of pyridine rings is 1. The zero-order chi connectivity index (χ0) is 20.0. The standard InChI is InChI=1S/C24H30N4S/c1-4-18-15-29-24-26-22(20-9-5-6-12-25-20)23(28(18)24)19-10-11-21(17(3)16(19)2)27-13-7-8-14-27/h5-6,9-12,18,22-23H,4,7-8,13-15H2,1-3H3. The van der Waals surface area contributed by atoms with Gasteiger partial charge in [-0.1, -0.05) is 30.8 Å². The SMILES string of the molecule is CCC1CSC2=NC(c3ccccn3)C(c3ccc(N4CCCC4)c(C)c3C)N21. The third kappa shape index (κ3) is 3.14. The maximum absolute atomic E-state index is 5.18. The first-order valence-electron chi connectivity index (χ1n) is 10.9. The predicted molar refractivity (Wildman–Crippen MR) is 123 cm³/mol. The van der Waals surface area contributed by atoms with Gasteiger partial charge in [-0.3, -0.25) is 9.98 Å². The van der Waals surface area contributed by atoms with E-state index in [0.717, 1.165) is 17.9 Å². The summed E-state index contributed by atoms with van der Waals surface area (Å²) in [6.45, 7) is 9.28. The van der Waals surface area contributed by atoms with E-state index in [0.29, 0.717) is 6.04 Å². The van der Waals surface area contributed by atoms with Crippen molar-refractivity contribution in [3.8, 4) is 0 Å². The molecule has 2 aromatic rings. The normalized spacial score (nSPS) is 26.2. The number of fused-ring (bicyclic) bond motifs is 1. The minimum atomic E-state index is 0.0730. The van der Waals surface area contributed by atoms with Gasteiger partial charge in [0.2, 0.25) is 0 Å². The van der Waals surface area contributed by atoms with Crippen molar-refractivity contribution in [3.63, 3.8) is 0 Å². The summed E-state index contributed by atoms with van der Waals surface area (Å²) in [4.78, 5) is 15.0. The van der Waals surface area contributed by atoms with Crippen LogP contribution in [0, 0.1) is 13.8 Å². The Bertz CT molecular complexity index is 920. The number of aliphatic imine (C=N–C) groups is 1. The van der Waals surface area contributed by atoms with Crippen molar-refractivity contribution in [1.29, 1.82) is 0 Å². The van der Waals surface area contributed by atoms with Crippen LogP contribution in [0.5, 0.6) is 0 Å². The lowest BCUT2D eigenvalue weighted by molar-refractivity contribution is 0.254. The van der Waals surface area contributed by atoms with Crippen molar-refractivity contribution in [2.75, 3.05) is 23.7 Å². The molecule has 0 amide bonds. The third-order valence-corrected chi connectivity index (χ3v) is 8.02. The number of anilines is 1. The Hall–Kier alpha value is -2.01. The first-order chi connectivity index (χ1) is 14.2. The molecule has 29 heavy (non-hydrogen) atoms. The molecule has 0 radical (unpaired) electrons. The molecule has 3 unspecified atom stereocenters. The van der Waals surface area contributed by atoms with Crippen LogP contribution < -0.4 is 4.90 Å². The summed E-state index contributed by atoms with van der Waals surface area (Å²) >= 11 is 1.92. The largest absolute Gasteiger partial charge is 0.371 e. The molecule has 1 aromatic heterocycles. The second kappa shape index (κ2) is 7.67. The third-order valence-electron chi connectivity index (χ3n) is 6.90. The number of thioether (sulfide) groups is 1. The summed E-state index contributed by atoms with van der Waals surface area (Å²) in [5.74, 6) is 1.14. The average Bonchev–Trinajstić information content (AvgIpc) is 3.47. The highest BCUT2D eigenvalue weighted by Crippen LogP contribution is 2.50. The summed E-state index contributed by atoms with van der Waals surface area (Å²) in [7, 11) is 0. The molecule has 3 atom stereocenters. The van der Waals surface area contributed by atoms with E-state index in [1.165, 1.54) is 53.5 Å². The number of amidine groups is 1. The van der Waals surface area contributed by atoms with Crippen LogP contribution >= 0.6 is 11.8 Å². The fourth-order valence-electron chi connectivity index (χ4n) is 5.14. The smallest absolute Gasteiger partial charge is 0.160 e. The Labute approximate surface area is 178 Å². The highest BCUT2D eigenvalue weighted by atomic mass is 32.2. The number of hydrogen-bond donors (Lipinski definition) is 0. The molecule has 4 heterocycles. The van der Waals surface area contributed by atoms with Gasteiger partial charge in [-0.05, 0) is 68.0 Å². The van der Waals surface area contributed by atoms with Gasteiger partial charge in [0.25, 0.3) is 0 Å². The lowest BCUT2D eigenvalue weighted by Crippen LogP contribution is -2.35. The summed E-state index contributed by atoms with van der Waals surface area (Å²) in [5, 5.41) is 1.21. The van der Waals surface area contributed by atoms with E-state index in [9.17, 15) is 0 Å². The lowest BCUT2D eigenvalue weighted by Gasteiger charge is -2.34. The number of hydrogen-bond acceptors (Lipinski definition) is 5. The molecule has 3 aliphatic rings. The molecule has 152 valence electrons. The topological polar surface area (TPSA) is 31.7 Å². The van der Waals surface area contributed by atoms with E-state index in [4.69, 9.17) is 9.98 Å². The summed E-state index contributed by atoms with van der Waals surface area (Å²) < 4.78 is 0. The minimum absolute atomic E-state index is 0.0730. The van der Waals surface area contributed by atoms with Gasteiger partial charge in [-0.25, -0.2) is 0 Å². The van der Waals surface area contributed by atoms with Crippen LogP contribution in [-0.2, 0) is 0 Å². The maximum Gasteiger partial charge on any atom is 0.160 e. The Balaban J connectivity index is 1.59. The molecular weight excluding hydrogens is 376 g/mol. The van der Waals surface area contributed by atoms with Crippen LogP contribution in [0.1, 0.15) is 60.7 Å². The molecule has 1 aromatic carbocycles. The van der Waals surface area contributed by atoms with Gasteiger partial charge in [0.1, 0.15) is 6.04 Å². The summed E-state index contributed by atoms with van der Waals surface area (Å²) in [5.41, 5.74) is 6.76. The van der Waals surface area contributed by atoms with Crippen LogP contribution in [0.3, 0.4) is 0 Å². The molecular formula is C24H30N4S. The van der Waals surface area contributed by atoms with Gasteiger partial charge in [-0.15, -0.1) is 0 Å². The lowest BCUT2D eigenvalue weighted by atomic mass is 9.89. The van der Waals surface area contributed by atoms with Crippen LogP contribution in [0.25, 0.3) is 0 Å². The van der Waals surface area contributed by atoms with Crippen molar-refractivity contribution in [2.24, 2.45) is 4.99 Å². The van der Waals surface area contributed by atoms with Crippen molar-refractivity contribution < 1.29 is 0 Å². The molecule has 0 spiro atoms. The maximum atomic E-state index is 5.18. The zero-order valence-corrected chi connectivity index (χ0v) is 18.5. The van der Waals surface area contributed by atoms with E-state index in [2.05, 4.69) is 54.8 Å². The van der Waals surface area contributed by atoms with Gasteiger partial charge in [-0.2, -0.15) is 0 Å².